The van der Waals surface area contributed by atoms with Gasteiger partial charge in [-0.05, 0) is 31.7 Å². The van der Waals surface area contributed by atoms with Crippen LogP contribution in [0.5, 0.6) is 5.88 Å². The highest BCUT2D eigenvalue weighted by atomic mass is 16.5. The Labute approximate surface area is 125 Å². The van der Waals surface area contributed by atoms with E-state index in [0.717, 1.165) is 44.0 Å². The molecule has 110 valence electrons. The van der Waals surface area contributed by atoms with Crippen LogP contribution in [0.1, 0.15) is 18.5 Å². The fourth-order valence-corrected chi connectivity index (χ4v) is 2.57. The van der Waals surface area contributed by atoms with Crippen molar-refractivity contribution in [2.75, 3.05) is 24.6 Å². The van der Waals surface area contributed by atoms with Crippen LogP contribution in [0, 0.1) is 12.8 Å². The lowest BCUT2D eigenvalue weighted by molar-refractivity contribution is 0.216. The average Bonchev–Trinajstić information content (AvgIpc) is 2.54. The fraction of sp³-hybridized carbons (Fsp3) is 0.438. The van der Waals surface area contributed by atoms with Crippen molar-refractivity contribution in [1.82, 2.24) is 15.0 Å². The number of aryl methyl sites for hydroxylation is 1. The molecule has 0 unspecified atom stereocenters. The molecule has 0 amide bonds. The second kappa shape index (κ2) is 6.52. The van der Waals surface area contributed by atoms with Gasteiger partial charge in [-0.15, -0.1) is 0 Å². The number of hydrogen-bond acceptors (Lipinski definition) is 5. The predicted octanol–water partition coefficient (Wildman–Crippen LogP) is 2.48. The molecule has 3 rings (SSSR count). The lowest BCUT2D eigenvalue weighted by atomic mass is 9.98. The largest absolute Gasteiger partial charge is 0.477 e. The van der Waals surface area contributed by atoms with Crippen LogP contribution in [-0.2, 0) is 0 Å². The number of anilines is 1. The summed E-state index contributed by atoms with van der Waals surface area (Å²) in [6, 6.07) is 5.74. The number of pyridine rings is 1. The molecule has 5 heteroatoms. The highest BCUT2D eigenvalue weighted by molar-refractivity contribution is 5.36. The van der Waals surface area contributed by atoms with Gasteiger partial charge in [-0.2, -0.15) is 0 Å². The summed E-state index contributed by atoms with van der Waals surface area (Å²) < 4.78 is 5.75. The molecule has 1 saturated heterocycles. The third kappa shape index (κ3) is 3.68. The highest BCUT2D eigenvalue weighted by Crippen LogP contribution is 2.22. The SMILES string of the molecule is Cc1cncc(N2CCC(COc3ccccn3)CC2)n1. The van der Waals surface area contributed by atoms with Gasteiger partial charge in [0, 0.05) is 31.5 Å². The number of piperidine rings is 1. The van der Waals surface area contributed by atoms with Crippen LogP contribution >= 0.6 is 0 Å². The minimum absolute atomic E-state index is 0.584. The summed E-state index contributed by atoms with van der Waals surface area (Å²) in [7, 11) is 0. The van der Waals surface area contributed by atoms with Gasteiger partial charge in [0.1, 0.15) is 5.82 Å². The summed E-state index contributed by atoms with van der Waals surface area (Å²) in [5.74, 6) is 2.28. The Morgan fingerprint density at radius 1 is 1.24 bits per heavy atom. The van der Waals surface area contributed by atoms with Crippen LogP contribution in [0.25, 0.3) is 0 Å². The molecule has 0 aliphatic carbocycles. The fourth-order valence-electron chi connectivity index (χ4n) is 2.57. The maximum Gasteiger partial charge on any atom is 0.213 e. The number of ether oxygens (including phenoxy) is 1. The first-order valence-electron chi connectivity index (χ1n) is 7.39. The molecule has 0 bridgehead atoms. The van der Waals surface area contributed by atoms with E-state index in [-0.39, 0.29) is 0 Å². The summed E-state index contributed by atoms with van der Waals surface area (Å²) in [4.78, 5) is 15.2. The second-order valence-corrected chi connectivity index (χ2v) is 5.43. The van der Waals surface area contributed by atoms with E-state index in [1.54, 1.807) is 12.4 Å². The zero-order valence-corrected chi connectivity index (χ0v) is 12.3. The highest BCUT2D eigenvalue weighted by Gasteiger charge is 2.21. The quantitative estimate of drug-likeness (QED) is 0.863. The molecule has 1 aliphatic rings. The van der Waals surface area contributed by atoms with Gasteiger partial charge in [-0.1, -0.05) is 6.07 Å². The van der Waals surface area contributed by atoms with Crippen LogP contribution < -0.4 is 9.64 Å². The minimum Gasteiger partial charge on any atom is -0.477 e. The minimum atomic E-state index is 0.584. The Hall–Kier alpha value is -2.17. The molecular formula is C16H20N4O. The van der Waals surface area contributed by atoms with Gasteiger partial charge in [0.2, 0.25) is 5.88 Å². The molecule has 21 heavy (non-hydrogen) atoms. The summed E-state index contributed by atoms with van der Waals surface area (Å²) in [5.41, 5.74) is 0.966. The van der Waals surface area contributed by atoms with Crippen molar-refractivity contribution < 1.29 is 4.74 Å². The number of nitrogens with zero attached hydrogens (tertiary/aromatic N) is 4. The van der Waals surface area contributed by atoms with Gasteiger partial charge in [0.15, 0.2) is 0 Å². The predicted molar refractivity (Wildman–Crippen MR) is 81.4 cm³/mol. The monoisotopic (exact) mass is 284 g/mol. The first kappa shape index (κ1) is 13.8. The van der Waals surface area contributed by atoms with Crippen LogP contribution in [0.3, 0.4) is 0 Å². The standard InChI is InChI=1S/C16H20N4O/c1-13-10-17-11-15(19-13)20-8-5-14(6-9-20)12-21-16-4-2-3-7-18-16/h2-4,7,10-11,14H,5-6,8-9,12H2,1H3. The van der Waals surface area contributed by atoms with E-state index in [0.29, 0.717) is 11.8 Å². The zero-order chi connectivity index (χ0) is 14.5. The first-order valence-corrected chi connectivity index (χ1v) is 7.39. The second-order valence-electron chi connectivity index (χ2n) is 5.43. The molecular weight excluding hydrogens is 264 g/mol. The maximum absolute atomic E-state index is 5.75. The van der Waals surface area contributed by atoms with Gasteiger partial charge in [0.05, 0.1) is 18.5 Å². The summed E-state index contributed by atoms with van der Waals surface area (Å²) in [6.07, 6.45) is 7.62. The summed E-state index contributed by atoms with van der Waals surface area (Å²) in [6.45, 7) is 4.73. The molecule has 0 N–H and O–H groups in total. The molecule has 2 aromatic heterocycles. The molecule has 1 fully saturated rings. The molecule has 0 atom stereocenters. The van der Waals surface area contributed by atoms with Crippen molar-refractivity contribution >= 4 is 5.82 Å². The van der Waals surface area contributed by atoms with Crippen molar-refractivity contribution in [1.29, 1.82) is 0 Å². The average molecular weight is 284 g/mol. The van der Waals surface area contributed by atoms with E-state index in [1.165, 1.54) is 0 Å². The van der Waals surface area contributed by atoms with Gasteiger partial charge >= 0.3 is 0 Å². The van der Waals surface area contributed by atoms with Gasteiger partial charge in [-0.3, -0.25) is 4.98 Å². The maximum atomic E-state index is 5.75. The third-order valence-corrected chi connectivity index (χ3v) is 3.79. The molecule has 0 radical (unpaired) electrons. The van der Waals surface area contributed by atoms with Crippen LogP contribution in [0.15, 0.2) is 36.8 Å². The molecule has 3 heterocycles. The van der Waals surface area contributed by atoms with Crippen molar-refractivity contribution in [3.8, 4) is 5.88 Å². The number of rotatable bonds is 4. The Balaban J connectivity index is 1.49. The molecule has 5 nitrogen and oxygen atoms in total. The van der Waals surface area contributed by atoms with E-state index < -0.39 is 0 Å². The van der Waals surface area contributed by atoms with Crippen LogP contribution in [-0.4, -0.2) is 34.6 Å². The molecule has 0 aromatic carbocycles. The van der Waals surface area contributed by atoms with E-state index >= 15 is 0 Å². The van der Waals surface area contributed by atoms with Crippen molar-refractivity contribution in [3.05, 3.63) is 42.5 Å². The van der Waals surface area contributed by atoms with Crippen LogP contribution in [0.4, 0.5) is 5.82 Å². The molecule has 1 aliphatic heterocycles. The lowest BCUT2D eigenvalue weighted by Crippen LogP contribution is -2.36. The Morgan fingerprint density at radius 2 is 2.10 bits per heavy atom. The van der Waals surface area contributed by atoms with Crippen LogP contribution in [0.2, 0.25) is 0 Å². The lowest BCUT2D eigenvalue weighted by Gasteiger charge is -2.32. The number of aromatic nitrogens is 3. The van der Waals surface area contributed by atoms with E-state index in [2.05, 4.69) is 19.9 Å². The normalized spacial score (nSPS) is 16.0. The molecule has 0 spiro atoms. The van der Waals surface area contributed by atoms with Gasteiger partial charge in [0.25, 0.3) is 0 Å². The summed E-state index contributed by atoms with van der Waals surface area (Å²) in [5, 5.41) is 0. The first-order chi connectivity index (χ1) is 10.3. The topological polar surface area (TPSA) is 51.1 Å². The summed E-state index contributed by atoms with van der Waals surface area (Å²) >= 11 is 0. The zero-order valence-electron chi connectivity index (χ0n) is 12.3. The smallest absolute Gasteiger partial charge is 0.213 e. The van der Waals surface area contributed by atoms with E-state index in [9.17, 15) is 0 Å². The molecule has 2 aromatic rings. The Morgan fingerprint density at radius 3 is 2.81 bits per heavy atom. The number of hydrogen-bond donors (Lipinski definition) is 0. The Bertz CT molecular complexity index is 567. The van der Waals surface area contributed by atoms with Crippen molar-refractivity contribution in [3.63, 3.8) is 0 Å². The van der Waals surface area contributed by atoms with Crippen molar-refractivity contribution in [2.24, 2.45) is 5.92 Å². The van der Waals surface area contributed by atoms with E-state index in [1.807, 2.05) is 31.3 Å². The van der Waals surface area contributed by atoms with E-state index in [4.69, 9.17) is 4.74 Å². The van der Waals surface area contributed by atoms with Crippen molar-refractivity contribution in [2.45, 2.75) is 19.8 Å². The Kier molecular flexibility index (Phi) is 4.28. The third-order valence-electron chi connectivity index (χ3n) is 3.79. The molecule has 0 saturated carbocycles. The van der Waals surface area contributed by atoms with Gasteiger partial charge in [-0.25, -0.2) is 9.97 Å². The van der Waals surface area contributed by atoms with Gasteiger partial charge < -0.3 is 9.64 Å².